The average molecular weight is 539 g/mol. The second-order valence-corrected chi connectivity index (χ2v) is 8.51. The summed E-state index contributed by atoms with van der Waals surface area (Å²) < 4.78 is 9.75. The molecule has 4 aliphatic heterocycles. The van der Waals surface area contributed by atoms with Crippen LogP contribution in [0.15, 0.2) is 42.5 Å². The van der Waals surface area contributed by atoms with Crippen molar-refractivity contribution in [2.75, 3.05) is 0 Å². The lowest BCUT2D eigenvalue weighted by Crippen LogP contribution is -2.22. The molecule has 182 valence electrons. The van der Waals surface area contributed by atoms with Gasteiger partial charge in [-0.15, -0.1) is 0 Å². The normalized spacial score (nSPS) is 13.7. The van der Waals surface area contributed by atoms with Gasteiger partial charge < -0.3 is 14.6 Å². The number of carboxylic acid groups (broad SMARTS) is 1. The van der Waals surface area contributed by atoms with Gasteiger partial charge in [0.1, 0.15) is 0 Å². The zero-order valence-electron chi connectivity index (χ0n) is 17.9. The number of halogens is 2. The van der Waals surface area contributed by atoms with Gasteiger partial charge in [-0.2, -0.15) is 0 Å². The first-order valence-electron chi connectivity index (χ1n) is 10.2. The molecule has 0 saturated heterocycles. The molecule has 10 nitrogen and oxygen atoms in total. The number of hydrogen-bond donors (Lipinski definition) is 1. The minimum Gasteiger partial charge on any atom is -0.478 e. The Hall–Kier alpha value is -4.67. The predicted molar refractivity (Wildman–Crippen MR) is 124 cm³/mol. The Balaban J connectivity index is 2.01. The quantitative estimate of drug-likeness (QED) is 0.292. The van der Waals surface area contributed by atoms with Crippen LogP contribution in [-0.2, 0) is 9.47 Å². The summed E-state index contributed by atoms with van der Waals surface area (Å²) in [6.45, 7) is 0. The molecule has 0 amide bonds. The van der Waals surface area contributed by atoms with E-state index in [2.05, 4.69) is 0 Å². The highest BCUT2D eigenvalue weighted by atomic mass is 35.5. The van der Waals surface area contributed by atoms with Crippen LogP contribution in [0.25, 0.3) is 22.3 Å². The highest BCUT2D eigenvalue weighted by molar-refractivity contribution is 6.69. The summed E-state index contributed by atoms with van der Waals surface area (Å²) in [5.74, 6) is -6.85. The van der Waals surface area contributed by atoms with Crippen LogP contribution in [0.5, 0.6) is 0 Å². The maximum atomic E-state index is 13.2. The molecule has 0 saturated carbocycles. The van der Waals surface area contributed by atoms with Crippen molar-refractivity contribution in [3.05, 3.63) is 81.4 Å². The minimum atomic E-state index is -1.47. The van der Waals surface area contributed by atoms with Gasteiger partial charge in [0, 0.05) is 16.7 Å². The Morgan fingerprint density at radius 3 is 1.70 bits per heavy atom. The third kappa shape index (κ3) is 3.70. The fourth-order valence-corrected chi connectivity index (χ4v) is 4.57. The standard InChI is InChI=1S/C25H8Cl2O10/c26-19(28)13-7-16-14(20(27)29)6-12(13)17-9-3-4-11(18(17)25(35)37-24(16)34)22(32)36-23(33)15-5-8(9)1-2-10(15)21(30)31/h1-7H,(H,30,31). The first-order valence-corrected chi connectivity index (χ1v) is 10.9. The third-order valence-electron chi connectivity index (χ3n) is 5.85. The number of hydrogen-bond acceptors (Lipinski definition) is 9. The summed E-state index contributed by atoms with van der Waals surface area (Å²) >= 11 is 11.5. The van der Waals surface area contributed by atoms with Crippen molar-refractivity contribution in [1.29, 1.82) is 0 Å². The molecule has 0 atom stereocenters. The number of rotatable bonds is 3. The van der Waals surface area contributed by atoms with E-state index < -0.39 is 73.7 Å². The summed E-state index contributed by atoms with van der Waals surface area (Å²) in [7, 11) is 0. The molecule has 3 aromatic carbocycles. The van der Waals surface area contributed by atoms with E-state index >= 15 is 0 Å². The number of fused-ring (bicyclic) bond motifs is 7. The maximum absolute atomic E-state index is 13.2. The predicted octanol–water partition coefficient (Wildman–Crippen LogP) is 4.10. The van der Waals surface area contributed by atoms with Crippen LogP contribution in [0.3, 0.4) is 0 Å². The zero-order chi connectivity index (χ0) is 26.8. The van der Waals surface area contributed by atoms with Crippen molar-refractivity contribution in [3.8, 4) is 22.3 Å². The molecule has 12 heteroatoms. The Morgan fingerprint density at radius 2 is 1.08 bits per heavy atom. The van der Waals surface area contributed by atoms with E-state index in [1.807, 2.05) is 0 Å². The number of esters is 4. The van der Waals surface area contributed by atoms with Crippen LogP contribution in [0.1, 0.15) is 72.5 Å². The van der Waals surface area contributed by atoms with Gasteiger partial charge in [-0.25, -0.2) is 24.0 Å². The van der Waals surface area contributed by atoms with Crippen LogP contribution in [0.4, 0.5) is 0 Å². The van der Waals surface area contributed by atoms with Gasteiger partial charge in [-0.1, -0.05) is 12.1 Å². The minimum absolute atomic E-state index is 0.102. The molecule has 4 heterocycles. The molecule has 4 aliphatic rings. The average Bonchev–Trinajstić information content (AvgIpc) is 2.92. The second-order valence-electron chi connectivity index (χ2n) is 7.82. The van der Waals surface area contributed by atoms with Gasteiger partial charge in [0.25, 0.3) is 10.5 Å². The summed E-state index contributed by atoms with van der Waals surface area (Å²) in [5.41, 5.74) is -3.35. The fourth-order valence-electron chi connectivity index (χ4n) is 4.26. The van der Waals surface area contributed by atoms with Gasteiger partial charge in [-0.05, 0) is 70.2 Å². The Bertz CT molecular complexity index is 1690. The van der Waals surface area contributed by atoms with Gasteiger partial charge >= 0.3 is 29.8 Å². The molecule has 0 spiro atoms. The number of aromatic carboxylic acids is 1. The van der Waals surface area contributed by atoms with E-state index in [0.717, 1.165) is 30.3 Å². The number of benzene rings is 3. The molecular formula is C25H8Cl2O10. The largest absolute Gasteiger partial charge is 0.478 e. The molecule has 0 radical (unpaired) electrons. The van der Waals surface area contributed by atoms with Crippen molar-refractivity contribution in [1.82, 2.24) is 0 Å². The van der Waals surface area contributed by atoms with Gasteiger partial charge in [-0.3, -0.25) is 9.59 Å². The van der Waals surface area contributed by atoms with Crippen LogP contribution < -0.4 is 0 Å². The first kappa shape index (κ1) is 24.0. The van der Waals surface area contributed by atoms with Crippen LogP contribution in [-0.4, -0.2) is 45.4 Å². The van der Waals surface area contributed by atoms with E-state index in [1.54, 1.807) is 0 Å². The lowest BCUT2D eigenvalue weighted by molar-refractivity contribution is 0.0355. The molecule has 1 N–H and O–H groups in total. The van der Waals surface area contributed by atoms with E-state index in [-0.39, 0.29) is 27.8 Å². The van der Waals surface area contributed by atoms with Gasteiger partial charge in [0.15, 0.2) is 0 Å². The molecule has 3 aromatic rings. The fraction of sp³-hybridized carbons (Fsp3) is 0. The first-order chi connectivity index (χ1) is 17.5. The summed E-state index contributed by atoms with van der Waals surface area (Å²) in [5, 5.41) is 7.29. The van der Waals surface area contributed by atoms with E-state index in [1.165, 1.54) is 12.1 Å². The molecule has 0 fully saturated rings. The Labute approximate surface area is 215 Å². The van der Waals surface area contributed by atoms with Gasteiger partial charge in [0.05, 0.1) is 27.8 Å². The molecule has 0 unspecified atom stereocenters. The lowest BCUT2D eigenvalue weighted by Gasteiger charge is -2.20. The molecule has 0 aromatic heterocycles. The summed E-state index contributed by atoms with van der Waals surface area (Å²) in [6, 6.07) is 7.99. The van der Waals surface area contributed by atoms with E-state index in [0.29, 0.717) is 0 Å². The maximum Gasteiger partial charge on any atom is 0.347 e. The smallest absolute Gasteiger partial charge is 0.347 e. The topological polar surface area (TPSA) is 158 Å². The number of carbonyl (C=O) groups excluding carboxylic acids is 6. The zero-order valence-corrected chi connectivity index (χ0v) is 19.4. The molecule has 37 heavy (non-hydrogen) atoms. The van der Waals surface area contributed by atoms with Crippen molar-refractivity contribution < 1.29 is 48.1 Å². The van der Waals surface area contributed by atoms with Crippen molar-refractivity contribution >= 4 is 63.5 Å². The van der Waals surface area contributed by atoms with E-state index in [9.17, 15) is 38.7 Å². The Kier molecular flexibility index (Phi) is 5.50. The monoisotopic (exact) mass is 538 g/mol. The van der Waals surface area contributed by atoms with Crippen molar-refractivity contribution in [2.24, 2.45) is 0 Å². The Morgan fingerprint density at radius 1 is 0.568 bits per heavy atom. The molecule has 7 rings (SSSR count). The van der Waals surface area contributed by atoms with Crippen LogP contribution >= 0.6 is 23.2 Å². The lowest BCUT2D eigenvalue weighted by atomic mass is 9.84. The third-order valence-corrected chi connectivity index (χ3v) is 6.26. The summed E-state index contributed by atoms with van der Waals surface area (Å²) in [4.78, 5) is 87.9. The van der Waals surface area contributed by atoms with Gasteiger partial charge in [0.2, 0.25) is 0 Å². The molecule has 6 bridgehead atoms. The number of ether oxygens (including phenoxy) is 2. The van der Waals surface area contributed by atoms with Crippen LogP contribution in [0, 0.1) is 0 Å². The molecular weight excluding hydrogens is 531 g/mol. The highest BCUT2D eigenvalue weighted by Crippen LogP contribution is 2.43. The van der Waals surface area contributed by atoms with Crippen molar-refractivity contribution in [3.63, 3.8) is 0 Å². The number of carboxylic acids is 1. The second kappa shape index (κ2) is 8.47. The molecule has 0 aliphatic carbocycles. The highest BCUT2D eigenvalue weighted by Gasteiger charge is 2.36. The number of carbonyl (C=O) groups is 7. The summed E-state index contributed by atoms with van der Waals surface area (Å²) in [6.07, 6.45) is 0. The van der Waals surface area contributed by atoms with E-state index in [4.69, 9.17) is 32.7 Å². The van der Waals surface area contributed by atoms with Crippen LogP contribution in [0.2, 0.25) is 0 Å². The van der Waals surface area contributed by atoms with Crippen molar-refractivity contribution in [2.45, 2.75) is 0 Å². The SMILES string of the molecule is O=C(O)c1ccc2cc1C(=O)OC(=O)c1ccc-2c2c1C(=O)OC(=O)c1cc(C(=O)Cl)c-2cc1C(=O)Cl.